The topological polar surface area (TPSA) is 101 Å². The van der Waals surface area contributed by atoms with Crippen LogP contribution in [0.3, 0.4) is 0 Å². The second-order valence-electron chi connectivity index (χ2n) is 3.66. The van der Waals surface area contributed by atoms with E-state index >= 15 is 0 Å². The predicted octanol–water partition coefficient (Wildman–Crippen LogP) is -0.599. The van der Waals surface area contributed by atoms with E-state index in [0.29, 0.717) is 19.5 Å². The maximum absolute atomic E-state index is 12.1. The number of H-pyrrole nitrogens is 1. The van der Waals surface area contributed by atoms with E-state index < -0.39 is 10.0 Å². The van der Waals surface area contributed by atoms with Crippen LogP contribution < -0.4 is 5.73 Å². The number of anilines is 1. The van der Waals surface area contributed by atoms with Crippen molar-refractivity contribution in [3.05, 3.63) is 6.20 Å². The quantitative estimate of drug-likeness (QED) is 0.741. The summed E-state index contributed by atoms with van der Waals surface area (Å²) in [4.78, 5) is 0.0317. The SMILES string of the molecule is COC1CCN(S(=O)(=O)c2cn[nH]c2N)C1. The highest BCUT2D eigenvalue weighted by atomic mass is 32.2. The number of methoxy groups -OCH3 is 1. The molecule has 1 aromatic rings. The van der Waals surface area contributed by atoms with Crippen molar-refractivity contribution in [2.75, 3.05) is 25.9 Å². The van der Waals surface area contributed by atoms with Gasteiger partial charge in [0.15, 0.2) is 0 Å². The number of nitrogen functional groups attached to an aromatic ring is 1. The molecule has 2 heterocycles. The molecule has 8 heteroatoms. The van der Waals surface area contributed by atoms with E-state index in [1.54, 1.807) is 7.11 Å². The van der Waals surface area contributed by atoms with Crippen LogP contribution in [-0.2, 0) is 14.8 Å². The first kappa shape index (κ1) is 11.4. The van der Waals surface area contributed by atoms with Crippen molar-refractivity contribution in [2.24, 2.45) is 0 Å². The van der Waals surface area contributed by atoms with Crippen molar-refractivity contribution in [3.63, 3.8) is 0 Å². The zero-order chi connectivity index (χ0) is 11.8. The first-order valence-corrected chi connectivity index (χ1v) is 6.31. The fraction of sp³-hybridized carbons (Fsp3) is 0.625. The van der Waals surface area contributed by atoms with E-state index in [1.165, 1.54) is 10.5 Å². The molecule has 0 aliphatic carbocycles. The van der Waals surface area contributed by atoms with Crippen LogP contribution in [0.2, 0.25) is 0 Å². The number of nitrogens with zero attached hydrogens (tertiary/aromatic N) is 2. The second-order valence-corrected chi connectivity index (χ2v) is 5.56. The van der Waals surface area contributed by atoms with Crippen molar-refractivity contribution in [1.29, 1.82) is 0 Å². The predicted molar refractivity (Wildman–Crippen MR) is 57.2 cm³/mol. The van der Waals surface area contributed by atoms with Gasteiger partial charge in [-0.3, -0.25) is 5.10 Å². The van der Waals surface area contributed by atoms with Gasteiger partial charge in [0.2, 0.25) is 10.0 Å². The molecule has 2 rings (SSSR count). The average Bonchev–Trinajstić information content (AvgIpc) is 2.85. The smallest absolute Gasteiger partial charge is 0.248 e. The number of aromatic amines is 1. The molecule has 1 saturated heterocycles. The minimum Gasteiger partial charge on any atom is -0.383 e. The summed E-state index contributed by atoms with van der Waals surface area (Å²) >= 11 is 0. The van der Waals surface area contributed by atoms with Crippen molar-refractivity contribution in [1.82, 2.24) is 14.5 Å². The van der Waals surface area contributed by atoms with Crippen molar-refractivity contribution < 1.29 is 13.2 Å². The molecule has 1 unspecified atom stereocenters. The Hall–Kier alpha value is -1.12. The summed E-state index contributed by atoms with van der Waals surface area (Å²) in [6.07, 6.45) is 1.89. The Morgan fingerprint density at radius 3 is 2.94 bits per heavy atom. The Morgan fingerprint density at radius 2 is 2.44 bits per heavy atom. The summed E-state index contributed by atoms with van der Waals surface area (Å²) in [7, 11) is -1.96. The van der Waals surface area contributed by atoms with Gasteiger partial charge >= 0.3 is 0 Å². The van der Waals surface area contributed by atoms with E-state index in [0.717, 1.165) is 0 Å². The summed E-state index contributed by atoms with van der Waals surface area (Å²) < 4.78 is 30.7. The summed E-state index contributed by atoms with van der Waals surface area (Å²) in [6, 6.07) is 0. The number of hydrogen-bond donors (Lipinski definition) is 2. The number of hydrogen-bond acceptors (Lipinski definition) is 5. The van der Waals surface area contributed by atoms with Crippen LogP contribution in [0.4, 0.5) is 5.82 Å². The molecule has 1 aliphatic heterocycles. The third-order valence-electron chi connectivity index (χ3n) is 2.69. The Morgan fingerprint density at radius 1 is 1.69 bits per heavy atom. The molecule has 1 aromatic heterocycles. The maximum atomic E-state index is 12.1. The zero-order valence-corrected chi connectivity index (χ0v) is 9.70. The first-order chi connectivity index (χ1) is 7.55. The minimum absolute atomic E-state index is 0.0317. The third-order valence-corrected chi connectivity index (χ3v) is 4.58. The third kappa shape index (κ3) is 1.79. The molecule has 16 heavy (non-hydrogen) atoms. The molecule has 0 saturated carbocycles. The Labute approximate surface area is 93.6 Å². The number of rotatable bonds is 3. The molecule has 0 bridgehead atoms. The van der Waals surface area contributed by atoms with Crippen LogP contribution in [0.15, 0.2) is 11.1 Å². The number of sulfonamides is 1. The van der Waals surface area contributed by atoms with E-state index in [1.807, 2.05) is 0 Å². The number of nitrogens with one attached hydrogen (secondary N) is 1. The molecule has 1 aliphatic rings. The van der Waals surface area contributed by atoms with Crippen LogP contribution in [0.5, 0.6) is 0 Å². The maximum Gasteiger partial charge on any atom is 0.248 e. The Kier molecular flexibility index (Phi) is 2.87. The van der Waals surface area contributed by atoms with Gasteiger partial charge in [-0.25, -0.2) is 8.42 Å². The molecule has 7 nitrogen and oxygen atoms in total. The van der Waals surface area contributed by atoms with Crippen LogP contribution in [0.1, 0.15) is 6.42 Å². The van der Waals surface area contributed by atoms with Crippen molar-refractivity contribution in [3.8, 4) is 0 Å². The van der Waals surface area contributed by atoms with E-state index in [2.05, 4.69) is 10.2 Å². The van der Waals surface area contributed by atoms with Gasteiger partial charge in [-0.15, -0.1) is 0 Å². The summed E-state index contributed by atoms with van der Waals surface area (Å²) in [5, 5.41) is 6.03. The fourth-order valence-corrected chi connectivity index (χ4v) is 3.23. The molecular formula is C8H14N4O3S. The molecule has 0 radical (unpaired) electrons. The van der Waals surface area contributed by atoms with E-state index in [-0.39, 0.29) is 16.8 Å². The monoisotopic (exact) mass is 246 g/mol. The summed E-state index contributed by atoms with van der Waals surface area (Å²) in [5.41, 5.74) is 5.51. The largest absolute Gasteiger partial charge is 0.383 e. The molecule has 1 atom stereocenters. The minimum atomic E-state index is -3.53. The van der Waals surface area contributed by atoms with Gasteiger partial charge in [0.05, 0.1) is 12.3 Å². The Balaban J connectivity index is 2.25. The van der Waals surface area contributed by atoms with E-state index in [4.69, 9.17) is 10.5 Å². The first-order valence-electron chi connectivity index (χ1n) is 4.87. The molecule has 3 N–H and O–H groups in total. The highest BCUT2D eigenvalue weighted by Crippen LogP contribution is 2.24. The lowest BCUT2D eigenvalue weighted by Crippen LogP contribution is -2.30. The second kappa shape index (κ2) is 4.04. The fourth-order valence-electron chi connectivity index (χ4n) is 1.74. The average molecular weight is 246 g/mol. The van der Waals surface area contributed by atoms with Crippen LogP contribution in [0, 0.1) is 0 Å². The summed E-state index contributed by atoms with van der Waals surface area (Å²) in [5.74, 6) is 0.0702. The molecule has 0 amide bonds. The van der Waals surface area contributed by atoms with Crippen LogP contribution in [-0.4, -0.2) is 49.2 Å². The van der Waals surface area contributed by atoms with Gasteiger partial charge < -0.3 is 10.5 Å². The lowest BCUT2D eigenvalue weighted by atomic mass is 10.3. The van der Waals surface area contributed by atoms with Gasteiger partial charge in [-0.1, -0.05) is 0 Å². The Bertz CT molecular complexity index is 469. The molecule has 90 valence electrons. The van der Waals surface area contributed by atoms with Gasteiger partial charge in [-0.05, 0) is 6.42 Å². The van der Waals surface area contributed by atoms with Crippen molar-refractivity contribution in [2.45, 2.75) is 17.4 Å². The van der Waals surface area contributed by atoms with Gasteiger partial charge in [-0.2, -0.15) is 9.40 Å². The number of nitrogens with two attached hydrogens (primary N) is 1. The lowest BCUT2D eigenvalue weighted by Gasteiger charge is -2.15. The molecular weight excluding hydrogens is 232 g/mol. The zero-order valence-electron chi connectivity index (χ0n) is 8.88. The summed E-state index contributed by atoms with van der Waals surface area (Å²) in [6.45, 7) is 0.814. The van der Waals surface area contributed by atoms with Gasteiger partial charge in [0.1, 0.15) is 10.7 Å². The van der Waals surface area contributed by atoms with Crippen molar-refractivity contribution >= 4 is 15.8 Å². The normalized spacial score (nSPS) is 22.7. The highest BCUT2D eigenvalue weighted by Gasteiger charge is 2.34. The van der Waals surface area contributed by atoms with Crippen LogP contribution in [0.25, 0.3) is 0 Å². The lowest BCUT2D eigenvalue weighted by molar-refractivity contribution is 0.115. The molecule has 0 aromatic carbocycles. The number of ether oxygens (including phenoxy) is 1. The standard InChI is InChI=1S/C8H14N4O3S/c1-15-6-2-3-12(5-6)16(13,14)7-4-10-11-8(7)9/h4,6H,2-3,5H2,1H3,(H3,9,10,11). The van der Waals surface area contributed by atoms with E-state index in [9.17, 15) is 8.42 Å². The molecule has 0 spiro atoms. The highest BCUT2D eigenvalue weighted by molar-refractivity contribution is 7.89. The van der Waals surface area contributed by atoms with Gasteiger partial charge in [0, 0.05) is 20.2 Å². The number of aromatic nitrogens is 2. The van der Waals surface area contributed by atoms with Crippen LogP contribution >= 0.6 is 0 Å². The molecule has 1 fully saturated rings. The van der Waals surface area contributed by atoms with Gasteiger partial charge in [0.25, 0.3) is 0 Å².